The molecule has 0 radical (unpaired) electrons. The van der Waals surface area contributed by atoms with Gasteiger partial charge < -0.3 is 9.47 Å². The molecule has 0 heterocycles. The highest BCUT2D eigenvalue weighted by molar-refractivity contribution is 6.32. The van der Waals surface area contributed by atoms with Gasteiger partial charge in [0.25, 0.3) is 5.69 Å². The third-order valence-electron chi connectivity index (χ3n) is 4.29. The summed E-state index contributed by atoms with van der Waals surface area (Å²) in [4.78, 5) is 25.3. The molecule has 9 nitrogen and oxygen atoms in total. The van der Waals surface area contributed by atoms with Crippen LogP contribution < -0.4 is 9.47 Å². The summed E-state index contributed by atoms with van der Waals surface area (Å²) in [5, 5.41) is 22.5. The summed E-state index contributed by atoms with van der Waals surface area (Å²) in [6, 6.07) is 13.9. The Balaban J connectivity index is 1.97. The molecule has 0 amide bonds. The second-order valence-electron chi connectivity index (χ2n) is 6.63. The molecule has 3 rings (SSSR count). The Labute approximate surface area is 188 Å². The molecular formula is C22H18ClN3O6. The lowest BCUT2D eigenvalue weighted by Gasteiger charge is -2.14. The number of rotatable bonds is 8. The average Bonchev–Trinajstić information content (AvgIpc) is 2.75. The van der Waals surface area contributed by atoms with E-state index in [0.717, 1.165) is 29.4 Å². The number of hydrogen-bond donors (Lipinski definition) is 0. The normalized spacial score (nSPS) is 10.8. The smallest absolute Gasteiger partial charge is 0.318 e. The molecule has 0 atom stereocenters. The van der Waals surface area contributed by atoms with Gasteiger partial charge in [0, 0.05) is 12.3 Å². The molecule has 0 fully saturated rings. The van der Waals surface area contributed by atoms with Crippen LogP contribution in [0.5, 0.6) is 17.2 Å². The van der Waals surface area contributed by atoms with Crippen molar-refractivity contribution in [1.82, 2.24) is 0 Å². The first-order chi connectivity index (χ1) is 15.3. The van der Waals surface area contributed by atoms with Crippen LogP contribution in [0.2, 0.25) is 5.02 Å². The summed E-state index contributed by atoms with van der Waals surface area (Å²) in [6.45, 7) is 4.03. The van der Waals surface area contributed by atoms with E-state index in [1.165, 1.54) is 0 Å². The van der Waals surface area contributed by atoms with E-state index in [1.54, 1.807) is 25.3 Å². The van der Waals surface area contributed by atoms with Crippen molar-refractivity contribution in [1.29, 1.82) is 0 Å². The number of non-ortho nitro benzene ring substituents is 1. The quantitative estimate of drug-likeness (QED) is 0.220. The van der Waals surface area contributed by atoms with Gasteiger partial charge in [0.05, 0.1) is 33.2 Å². The fraction of sp³-hybridized carbons (Fsp3) is 0.136. The highest BCUT2D eigenvalue weighted by Gasteiger charge is 2.23. The summed E-state index contributed by atoms with van der Waals surface area (Å²) < 4.78 is 11.3. The predicted octanol–water partition coefficient (Wildman–Crippen LogP) is 6.41. The molecule has 3 aromatic carbocycles. The molecule has 0 saturated carbocycles. The number of nitro groups is 2. The zero-order valence-corrected chi connectivity index (χ0v) is 17.9. The third kappa shape index (κ3) is 5.38. The lowest BCUT2D eigenvalue weighted by molar-refractivity contribution is -0.394. The standard InChI is InChI=1S/C22H18ClN3O6/c1-3-31-21-11-15(13-24-16-6-4-14(2)5-7-16)10-18(23)22(21)32-20-9-8-17(25(27)28)12-19(20)26(29)30/h4-13H,3H2,1-2H3. The van der Waals surface area contributed by atoms with Crippen molar-refractivity contribution in [3.8, 4) is 17.2 Å². The largest absolute Gasteiger partial charge is 0.490 e. The number of ether oxygens (including phenoxy) is 2. The number of aliphatic imine (C=N–C) groups is 1. The van der Waals surface area contributed by atoms with E-state index in [2.05, 4.69) is 4.99 Å². The minimum atomic E-state index is -0.765. The first-order valence-corrected chi connectivity index (χ1v) is 9.84. The fourth-order valence-electron chi connectivity index (χ4n) is 2.76. The van der Waals surface area contributed by atoms with Crippen LogP contribution in [-0.4, -0.2) is 22.7 Å². The van der Waals surface area contributed by atoms with Crippen molar-refractivity contribution >= 4 is 34.9 Å². The van der Waals surface area contributed by atoms with Crippen LogP contribution >= 0.6 is 11.6 Å². The Bertz CT molecular complexity index is 1200. The predicted molar refractivity (Wildman–Crippen MR) is 121 cm³/mol. The van der Waals surface area contributed by atoms with Crippen LogP contribution in [0.15, 0.2) is 59.6 Å². The second kappa shape index (κ2) is 9.88. The maximum absolute atomic E-state index is 11.4. The van der Waals surface area contributed by atoms with Gasteiger partial charge in [-0.15, -0.1) is 0 Å². The summed E-state index contributed by atoms with van der Waals surface area (Å²) in [5.41, 5.74) is 1.51. The number of nitrogens with zero attached hydrogens (tertiary/aromatic N) is 3. The maximum Gasteiger partial charge on any atom is 0.318 e. The Kier molecular flexibility index (Phi) is 7.01. The Morgan fingerprint density at radius 3 is 2.34 bits per heavy atom. The van der Waals surface area contributed by atoms with Crippen molar-refractivity contribution in [3.05, 3.63) is 91.0 Å². The van der Waals surface area contributed by atoms with E-state index < -0.39 is 21.2 Å². The van der Waals surface area contributed by atoms with Crippen molar-refractivity contribution in [2.75, 3.05) is 6.61 Å². The molecule has 10 heteroatoms. The Morgan fingerprint density at radius 2 is 1.72 bits per heavy atom. The molecular weight excluding hydrogens is 438 g/mol. The third-order valence-corrected chi connectivity index (χ3v) is 4.57. The Morgan fingerprint density at radius 1 is 1.00 bits per heavy atom. The summed E-state index contributed by atoms with van der Waals surface area (Å²) in [5.74, 6) is 0.0977. The maximum atomic E-state index is 11.4. The number of benzene rings is 3. The summed E-state index contributed by atoms with van der Waals surface area (Å²) in [7, 11) is 0. The zero-order chi connectivity index (χ0) is 23.3. The zero-order valence-electron chi connectivity index (χ0n) is 17.1. The van der Waals surface area contributed by atoms with Crippen molar-refractivity contribution in [3.63, 3.8) is 0 Å². The molecule has 164 valence electrons. The molecule has 3 aromatic rings. The number of aryl methyl sites for hydroxylation is 1. The van der Waals surface area contributed by atoms with Crippen LogP contribution in [0.25, 0.3) is 0 Å². The summed E-state index contributed by atoms with van der Waals surface area (Å²) >= 11 is 6.39. The highest BCUT2D eigenvalue weighted by Crippen LogP contribution is 2.42. The molecule has 0 aliphatic rings. The van der Waals surface area contributed by atoms with Gasteiger partial charge in [-0.25, -0.2) is 0 Å². The van der Waals surface area contributed by atoms with Gasteiger partial charge in [0.1, 0.15) is 0 Å². The summed E-state index contributed by atoms with van der Waals surface area (Å²) in [6.07, 6.45) is 1.61. The van der Waals surface area contributed by atoms with Crippen molar-refractivity contribution in [2.45, 2.75) is 13.8 Å². The van der Waals surface area contributed by atoms with Gasteiger partial charge >= 0.3 is 5.69 Å². The number of nitro benzene ring substituents is 2. The molecule has 0 aliphatic heterocycles. The topological polar surface area (TPSA) is 117 Å². The van der Waals surface area contributed by atoms with Gasteiger partial charge in [-0.05, 0) is 49.7 Å². The second-order valence-corrected chi connectivity index (χ2v) is 7.03. The number of halogens is 1. The molecule has 0 saturated heterocycles. The molecule has 0 N–H and O–H groups in total. The van der Waals surface area contributed by atoms with Gasteiger partial charge in [-0.1, -0.05) is 29.3 Å². The SMILES string of the molecule is CCOc1cc(C=Nc2ccc(C)cc2)cc(Cl)c1Oc1ccc([N+](=O)[O-])cc1[N+](=O)[O-]. The van der Waals surface area contributed by atoms with Gasteiger partial charge in [0.2, 0.25) is 5.75 Å². The van der Waals surface area contributed by atoms with Crippen molar-refractivity contribution in [2.24, 2.45) is 4.99 Å². The number of hydrogen-bond acceptors (Lipinski definition) is 7. The van der Waals surface area contributed by atoms with E-state index in [-0.39, 0.29) is 28.9 Å². The molecule has 0 spiro atoms. The average molecular weight is 456 g/mol. The highest BCUT2D eigenvalue weighted by atomic mass is 35.5. The van der Waals surface area contributed by atoms with Gasteiger partial charge in [0.15, 0.2) is 11.5 Å². The van der Waals surface area contributed by atoms with Crippen LogP contribution in [0.3, 0.4) is 0 Å². The molecule has 0 unspecified atom stereocenters. The van der Waals surface area contributed by atoms with E-state index in [0.29, 0.717) is 5.56 Å². The fourth-order valence-corrected chi connectivity index (χ4v) is 3.02. The molecule has 0 aromatic heterocycles. The molecule has 32 heavy (non-hydrogen) atoms. The van der Waals surface area contributed by atoms with E-state index in [4.69, 9.17) is 21.1 Å². The minimum absolute atomic E-state index is 0.0537. The van der Waals surface area contributed by atoms with Crippen LogP contribution in [0.1, 0.15) is 18.1 Å². The first-order valence-electron chi connectivity index (χ1n) is 9.46. The van der Waals surface area contributed by atoms with E-state index in [1.807, 2.05) is 31.2 Å². The lowest BCUT2D eigenvalue weighted by Crippen LogP contribution is -2.00. The monoisotopic (exact) mass is 455 g/mol. The van der Waals surface area contributed by atoms with Crippen LogP contribution in [-0.2, 0) is 0 Å². The van der Waals surface area contributed by atoms with Crippen LogP contribution in [0.4, 0.5) is 17.1 Å². The molecule has 0 aliphatic carbocycles. The van der Waals surface area contributed by atoms with E-state index >= 15 is 0 Å². The molecule has 0 bridgehead atoms. The van der Waals surface area contributed by atoms with Crippen molar-refractivity contribution < 1.29 is 19.3 Å². The van der Waals surface area contributed by atoms with Crippen LogP contribution in [0, 0.1) is 27.2 Å². The van der Waals surface area contributed by atoms with Gasteiger partial charge in [-0.2, -0.15) is 0 Å². The Hall–Kier alpha value is -3.98. The lowest BCUT2D eigenvalue weighted by atomic mass is 10.2. The van der Waals surface area contributed by atoms with Gasteiger partial charge in [-0.3, -0.25) is 25.2 Å². The van der Waals surface area contributed by atoms with E-state index in [9.17, 15) is 20.2 Å². The minimum Gasteiger partial charge on any atom is -0.490 e. The first kappa shape index (κ1) is 22.7.